The largest absolute Gasteiger partial charge is 0.294 e. The topological polar surface area (TPSA) is 54.5 Å². The highest BCUT2D eigenvalue weighted by Crippen LogP contribution is 2.14. The number of amides is 2. The molecule has 0 aromatic heterocycles. The van der Waals surface area contributed by atoms with E-state index in [9.17, 15) is 18.8 Å². The van der Waals surface area contributed by atoms with E-state index in [1.165, 1.54) is 29.2 Å². The van der Waals surface area contributed by atoms with Gasteiger partial charge in [0.25, 0.3) is 0 Å². The van der Waals surface area contributed by atoms with E-state index in [1.807, 2.05) is 0 Å². The normalized spacial score (nSPS) is 16.1. The van der Waals surface area contributed by atoms with Gasteiger partial charge in [0.15, 0.2) is 5.78 Å². The Hall–Kier alpha value is -2.04. The van der Waals surface area contributed by atoms with Gasteiger partial charge in [-0.25, -0.2) is 4.39 Å². The monoisotopic (exact) mass is 277 g/mol. The van der Waals surface area contributed by atoms with Gasteiger partial charge in [0.2, 0.25) is 11.8 Å². The van der Waals surface area contributed by atoms with Gasteiger partial charge in [-0.3, -0.25) is 19.3 Å². The molecule has 0 aliphatic carbocycles. The molecule has 5 heteroatoms. The number of carbonyl (C=O) groups excluding carboxylic acids is 3. The Morgan fingerprint density at radius 3 is 2.15 bits per heavy atom. The number of halogens is 1. The van der Waals surface area contributed by atoms with Crippen LogP contribution in [-0.4, -0.2) is 29.0 Å². The summed E-state index contributed by atoms with van der Waals surface area (Å²) < 4.78 is 12.8. The number of carbonyl (C=O) groups is 3. The molecule has 2 rings (SSSR count). The minimum atomic E-state index is -0.403. The van der Waals surface area contributed by atoms with E-state index in [0.717, 1.165) is 0 Å². The summed E-state index contributed by atoms with van der Waals surface area (Å²) >= 11 is 0. The molecule has 0 radical (unpaired) electrons. The number of ketones is 1. The number of nitrogens with zero attached hydrogens (tertiary/aromatic N) is 1. The molecule has 106 valence electrons. The van der Waals surface area contributed by atoms with Crippen molar-refractivity contribution in [2.45, 2.75) is 32.1 Å². The third kappa shape index (κ3) is 3.50. The van der Waals surface area contributed by atoms with Crippen molar-refractivity contribution in [3.05, 3.63) is 35.6 Å². The van der Waals surface area contributed by atoms with Crippen LogP contribution < -0.4 is 0 Å². The van der Waals surface area contributed by atoms with Crippen molar-refractivity contribution in [2.75, 3.05) is 6.54 Å². The molecule has 1 aromatic carbocycles. The van der Waals surface area contributed by atoms with Crippen molar-refractivity contribution in [1.82, 2.24) is 4.90 Å². The third-order valence-corrected chi connectivity index (χ3v) is 3.36. The predicted molar refractivity (Wildman–Crippen MR) is 70.5 cm³/mol. The molecule has 20 heavy (non-hydrogen) atoms. The molecule has 0 spiro atoms. The van der Waals surface area contributed by atoms with Crippen molar-refractivity contribution in [3.63, 3.8) is 0 Å². The molecular weight excluding hydrogens is 261 g/mol. The van der Waals surface area contributed by atoms with Gasteiger partial charge in [-0.15, -0.1) is 0 Å². The molecule has 1 fully saturated rings. The van der Waals surface area contributed by atoms with E-state index in [1.54, 1.807) is 0 Å². The summed E-state index contributed by atoms with van der Waals surface area (Å²) in [5, 5.41) is 0. The fourth-order valence-electron chi connectivity index (χ4n) is 2.20. The lowest BCUT2D eigenvalue weighted by atomic mass is 10.1. The molecule has 1 aliphatic rings. The molecule has 0 unspecified atom stereocenters. The molecular formula is C15H16FNO3. The Labute approximate surface area is 116 Å². The maximum atomic E-state index is 12.8. The highest BCUT2D eigenvalue weighted by Gasteiger charge is 2.24. The van der Waals surface area contributed by atoms with Crippen molar-refractivity contribution in [3.8, 4) is 0 Å². The van der Waals surface area contributed by atoms with E-state index in [2.05, 4.69) is 0 Å². The maximum Gasteiger partial charge on any atom is 0.229 e. The van der Waals surface area contributed by atoms with Crippen LogP contribution in [0.15, 0.2) is 24.3 Å². The smallest absolute Gasteiger partial charge is 0.229 e. The zero-order valence-electron chi connectivity index (χ0n) is 11.1. The Kier molecular flexibility index (Phi) is 4.61. The molecule has 2 amide bonds. The fourth-order valence-corrected chi connectivity index (χ4v) is 2.20. The van der Waals surface area contributed by atoms with Gasteiger partial charge < -0.3 is 0 Å². The van der Waals surface area contributed by atoms with Crippen LogP contribution in [0.25, 0.3) is 0 Å². The quantitative estimate of drug-likeness (QED) is 0.627. The van der Waals surface area contributed by atoms with Gasteiger partial charge in [0.05, 0.1) is 0 Å². The first-order valence-electron chi connectivity index (χ1n) is 6.70. The summed E-state index contributed by atoms with van der Waals surface area (Å²) in [5.74, 6) is -1.02. The Balaban J connectivity index is 1.96. The van der Waals surface area contributed by atoms with Crippen LogP contribution >= 0.6 is 0 Å². The molecule has 1 heterocycles. The first-order valence-corrected chi connectivity index (χ1v) is 6.70. The molecule has 1 aliphatic heterocycles. The summed E-state index contributed by atoms with van der Waals surface area (Å²) in [6.45, 7) is 0.105. The van der Waals surface area contributed by atoms with E-state index in [-0.39, 0.29) is 30.6 Å². The molecule has 4 nitrogen and oxygen atoms in total. The van der Waals surface area contributed by atoms with Crippen molar-refractivity contribution in [1.29, 1.82) is 0 Å². The third-order valence-electron chi connectivity index (χ3n) is 3.36. The standard InChI is InChI=1S/C15H16FNO3/c16-12-7-5-11(6-8-12)13(18)9-10-17-14(19)3-1-2-4-15(17)20/h5-8H,1-4,9-10H2. The molecule has 0 atom stereocenters. The zero-order chi connectivity index (χ0) is 14.5. The molecule has 1 saturated heterocycles. The van der Waals surface area contributed by atoms with Gasteiger partial charge in [0, 0.05) is 31.4 Å². The zero-order valence-corrected chi connectivity index (χ0v) is 11.1. The SMILES string of the molecule is O=C(CCN1C(=O)CCCCC1=O)c1ccc(F)cc1. The van der Waals surface area contributed by atoms with Crippen LogP contribution in [0, 0.1) is 5.82 Å². The first kappa shape index (κ1) is 14.4. The van der Waals surface area contributed by atoms with Gasteiger partial charge >= 0.3 is 0 Å². The second-order valence-corrected chi connectivity index (χ2v) is 4.83. The van der Waals surface area contributed by atoms with Crippen LogP contribution in [0.2, 0.25) is 0 Å². The first-order chi connectivity index (χ1) is 9.58. The van der Waals surface area contributed by atoms with Crippen LogP contribution in [-0.2, 0) is 9.59 Å². The molecule has 0 bridgehead atoms. The number of likely N-dealkylation sites (tertiary alicyclic amines) is 1. The lowest BCUT2D eigenvalue weighted by Crippen LogP contribution is -2.36. The minimum Gasteiger partial charge on any atom is -0.294 e. The van der Waals surface area contributed by atoms with Gasteiger partial charge in [-0.2, -0.15) is 0 Å². The number of Topliss-reactive ketones (excluding diaryl/α,β-unsaturated/α-hetero) is 1. The van der Waals surface area contributed by atoms with Crippen molar-refractivity contribution < 1.29 is 18.8 Å². The second kappa shape index (κ2) is 6.41. The Morgan fingerprint density at radius 2 is 1.60 bits per heavy atom. The van der Waals surface area contributed by atoms with Crippen LogP contribution in [0.3, 0.4) is 0 Å². The number of benzene rings is 1. The lowest BCUT2D eigenvalue weighted by molar-refractivity contribution is -0.143. The van der Waals surface area contributed by atoms with Gasteiger partial charge in [-0.1, -0.05) is 0 Å². The van der Waals surface area contributed by atoms with E-state index in [4.69, 9.17) is 0 Å². The van der Waals surface area contributed by atoms with Crippen molar-refractivity contribution >= 4 is 17.6 Å². The lowest BCUT2D eigenvalue weighted by Gasteiger charge is -2.18. The van der Waals surface area contributed by atoms with Gasteiger partial charge in [0.1, 0.15) is 5.82 Å². The van der Waals surface area contributed by atoms with Crippen LogP contribution in [0.4, 0.5) is 4.39 Å². The number of hydrogen-bond acceptors (Lipinski definition) is 3. The summed E-state index contributed by atoms with van der Waals surface area (Å²) in [7, 11) is 0. The summed E-state index contributed by atoms with van der Waals surface area (Å²) in [5.41, 5.74) is 0.390. The van der Waals surface area contributed by atoms with Crippen LogP contribution in [0.1, 0.15) is 42.5 Å². The van der Waals surface area contributed by atoms with E-state index in [0.29, 0.717) is 31.2 Å². The maximum absolute atomic E-state index is 12.8. The number of rotatable bonds is 4. The average Bonchev–Trinajstić information content (AvgIpc) is 2.59. The highest BCUT2D eigenvalue weighted by molar-refractivity contribution is 5.99. The van der Waals surface area contributed by atoms with E-state index < -0.39 is 5.82 Å². The average molecular weight is 277 g/mol. The van der Waals surface area contributed by atoms with Crippen molar-refractivity contribution in [2.24, 2.45) is 0 Å². The van der Waals surface area contributed by atoms with Gasteiger partial charge in [-0.05, 0) is 37.1 Å². The molecule has 0 N–H and O–H groups in total. The fraction of sp³-hybridized carbons (Fsp3) is 0.400. The summed E-state index contributed by atoms with van der Waals surface area (Å²) in [6.07, 6.45) is 2.22. The summed E-state index contributed by atoms with van der Waals surface area (Å²) in [4.78, 5) is 36.6. The second-order valence-electron chi connectivity index (χ2n) is 4.83. The highest BCUT2D eigenvalue weighted by atomic mass is 19.1. The molecule has 0 saturated carbocycles. The van der Waals surface area contributed by atoms with Crippen LogP contribution in [0.5, 0.6) is 0 Å². The molecule has 1 aromatic rings. The summed E-state index contributed by atoms with van der Waals surface area (Å²) in [6, 6.07) is 5.25. The number of imide groups is 1. The predicted octanol–water partition coefficient (Wildman–Crippen LogP) is 2.33. The minimum absolute atomic E-state index is 0.0725. The Morgan fingerprint density at radius 1 is 1.05 bits per heavy atom. The number of hydrogen-bond donors (Lipinski definition) is 0. The van der Waals surface area contributed by atoms with E-state index >= 15 is 0 Å². The Bertz CT molecular complexity index is 506.